The first kappa shape index (κ1) is 38.2. The van der Waals surface area contributed by atoms with Gasteiger partial charge in [-0.15, -0.1) is 0 Å². The maximum absolute atomic E-state index is 10.2. The van der Waals surface area contributed by atoms with E-state index < -0.39 is 22.2 Å². The molecule has 0 aromatic heterocycles. The number of aliphatic hydroxyl groups is 1. The van der Waals surface area contributed by atoms with Gasteiger partial charge in [0.1, 0.15) is 0 Å². The minimum absolute atomic E-state index is 0.0582. The third-order valence-corrected chi connectivity index (χ3v) is 22.4. The monoisotopic (exact) mass is 647 g/mol. The van der Waals surface area contributed by atoms with Crippen LogP contribution in [-0.4, -0.2) is 39.6 Å². The Morgan fingerprint density at radius 2 is 1.55 bits per heavy atom. The van der Waals surface area contributed by atoms with Crippen LogP contribution in [0.15, 0.2) is 23.8 Å². The van der Waals surface area contributed by atoms with Gasteiger partial charge >= 0.3 is 0 Å². The molecule has 0 aliphatic heterocycles. The van der Waals surface area contributed by atoms with E-state index in [1.54, 1.807) is 0 Å². The molecule has 3 rings (SSSR count). The molecule has 3 fully saturated rings. The lowest BCUT2D eigenvalue weighted by Crippen LogP contribution is -2.49. The van der Waals surface area contributed by atoms with Crippen molar-refractivity contribution in [2.45, 2.75) is 194 Å². The molecule has 1 unspecified atom stereocenters. The predicted molar refractivity (Wildman–Crippen MR) is 196 cm³/mol. The summed E-state index contributed by atoms with van der Waals surface area (Å²) in [6.07, 6.45) is 16.1. The van der Waals surface area contributed by atoms with Gasteiger partial charge in [-0.2, -0.15) is 0 Å². The van der Waals surface area contributed by atoms with Crippen LogP contribution in [-0.2, 0) is 8.85 Å². The van der Waals surface area contributed by atoms with Crippen molar-refractivity contribution in [3.8, 4) is 0 Å². The van der Waals surface area contributed by atoms with E-state index in [2.05, 4.69) is 87.7 Å². The number of fused-ring (bicyclic) bond motifs is 1. The summed E-state index contributed by atoms with van der Waals surface area (Å²) in [4.78, 5) is 0. The summed E-state index contributed by atoms with van der Waals surface area (Å²) in [7, 11) is -3.86. The van der Waals surface area contributed by atoms with Gasteiger partial charge in [0.2, 0.25) is 0 Å². The lowest BCUT2D eigenvalue weighted by molar-refractivity contribution is 0.0259. The molecular formula is C39H74O3Si2. The maximum Gasteiger partial charge on any atom is 0.192 e. The summed E-state index contributed by atoms with van der Waals surface area (Å²) >= 11 is 0. The summed E-state index contributed by atoms with van der Waals surface area (Å²) in [5.41, 5.74) is 2.57. The minimum Gasteiger partial charge on any atom is -0.413 e. The Balaban J connectivity index is 1.79. The molecule has 7 atom stereocenters. The van der Waals surface area contributed by atoms with Crippen LogP contribution in [0.1, 0.15) is 140 Å². The van der Waals surface area contributed by atoms with Crippen molar-refractivity contribution in [3.05, 3.63) is 23.8 Å². The molecule has 0 aromatic rings. The highest BCUT2D eigenvalue weighted by Crippen LogP contribution is 2.61. The molecule has 44 heavy (non-hydrogen) atoms. The van der Waals surface area contributed by atoms with Crippen molar-refractivity contribution in [2.75, 3.05) is 0 Å². The van der Waals surface area contributed by atoms with Crippen LogP contribution in [0.4, 0.5) is 0 Å². The van der Waals surface area contributed by atoms with Gasteiger partial charge in [-0.1, -0.05) is 87.3 Å². The van der Waals surface area contributed by atoms with Gasteiger partial charge in [0.05, 0.1) is 17.8 Å². The lowest BCUT2D eigenvalue weighted by Gasteiger charge is -2.47. The Bertz CT molecular complexity index is 1010. The zero-order valence-corrected chi connectivity index (χ0v) is 33.8. The van der Waals surface area contributed by atoms with Crippen molar-refractivity contribution in [3.63, 3.8) is 0 Å². The third kappa shape index (κ3) is 9.02. The second-order valence-electron chi connectivity index (χ2n) is 19.4. The highest BCUT2D eigenvalue weighted by atomic mass is 28.4. The molecule has 0 saturated heterocycles. The SMILES string of the molecule is C=C1C(=CCC2CCC[C@]3(C)[C@@H]([C@H](C)CCCC(C)(C)O)CC[C@@H]23)C[C@@H](O[Si](C)(C)C(C)(C)C)C[C@@H]1O[Si](C)(C)C(C)(C)C. The fourth-order valence-electron chi connectivity index (χ4n) is 8.55. The Kier molecular flexibility index (Phi) is 11.9. The zero-order chi connectivity index (χ0) is 33.5. The van der Waals surface area contributed by atoms with Crippen molar-refractivity contribution < 1.29 is 14.0 Å². The molecule has 5 heteroatoms. The van der Waals surface area contributed by atoms with Crippen LogP contribution in [0.25, 0.3) is 0 Å². The van der Waals surface area contributed by atoms with Gasteiger partial charge in [-0.3, -0.25) is 0 Å². The quantitative estimate of drug-likeness (QED) is 0.227. The van der Waals surface area contributed by atoms with E-state index in [0.717, 1.165) is 49.4 Å². The van der Waals surface area contributed by atoms with Crippen molar-refractivity contribution in [1.82, 2.24) is 0 Å². The maximum atomic E-state index is 10.2. The van der Waals surface area contributed by atoms with E-state index in [1.807, 2.05) is 13.8 Å². The second kappa shape index (κ2) is 13.7. The third-order valence-electron chi connectivity index (χ3n) is 13.4. The average Bonchev–Trinajstić information content (AvgIpc) is 3.20. The smallest absolute Gasteiger partial charge is 0.192 e. The molecular weight excluding hydrogens is 573 g/mol. The largest absolute Gasteiger partial charge is 0.413 e. The Hall–Kier alpha value is -0.206. The first-order chi connectivity index (χ1) is 19.9. The van der Waals surface area contributed by atoms with Gasteiger partial charge in [0.15, 0.2) is 16.6 Å². The van der Waals surface area contributed by atoms with E-state index in [4.69, 9.17) is 15.4 Å². The molecule has 3 saturated carbocycles. The lowest BCUT2D eigenvalue weighted by atomic mass is 9.58. The van der Waals surface area contributed by atoms with Crippen LogP contribution in [0, 0.1) is 29.1 Å². The Labute approximate surface area is 276 Å². The van der Waals surface area contributed by atoms with E-state index in [9.17, 15) is 5.11 Å². The summed E-state index contributed by atoms with van der Waals surface area (Å²) in [6, 6.07) is 0. The second-order valence-corrected chi connectivity index (χ2v) is 28.9. The summed E-state index contributed by atoms with van der Waals surface area (Å²) in [5, 5.41) is 10.6. The topological polar surface area (TPSA) is 38.7 Å². The normalized spacial score (nSPS) is 32.7. The van der Waals surface area contributed by atoms with E-state index in [0.29, 0.717) is 5.41 Å². The van der Waals surface area contributed by atoms with Crippen LogP contribution in [0.5, 0.6) is 0 Å². The number of rotatable bonds is 11. The zero-order valence-electron chi connectivity index (χ0n) is 31.8. The van der Waals surface area contributed by atoms with Gasteiger partial charge in [0, 0.05) is 6.42 Å². The molecule has 0 spiro atoms. The highest BCUT2D eigenvalue weighted by molar-refractivity contribution is 6.74. The summed E-state index contributed by atoms with van der Waals surface area (Å²) in [5.74, 6) is 3.15. The molecule has 1 N–H and O–H groups in total. The van der Waals surface area contributed by atoms with Crippen LogP contribution < -0.4 is 0 Å². The first-order valence-electron chi connectivity index (χ1n) is 18.3. The van der Waals surface area contributed by atoms with Crippen molar-refractivity contribution in [2.24, 2.45) is 29.1 Å². The van der Waals surface area contributed by atoms with Crippen molar-refractivity contribution >= 4 is 16.6 Å². The predicted octanol–water partition coefficient (Wildman–Crippen LogP) is 11.8. The van der Waals surface area contributed by atoms with Crippen LogP contribution in [0.3, 0.4) is 0 Å². The van der Waals surface area contributed by atoms with E-state index >= 15 is 0 Å². The molecule has 0 amide bonds. The number of allylic oxidation sites excluding steroid dienone is 1. The van der Waals surface area contributed by atoms with Gasteiger partial charge in [-0.05, 0) is 135 Å². The van der Waals surface area contributed by atoms with Gasteiger partial charge < -0.3 is 14.0 Å². The summed E-state index contributed by atoms with van der Waals surface area (Å²) in [6.45, 7) is 37.4. The molecule has 256 valence electrons. The highest BCUT2D eigenvalue weighted by Gasteiger charge is 2.52. The average molecular weight is 647 g/mol. The molecule has 3 aliphatic rings. The van der Waals surface area contributed by atoms with Crippen molar-refractivity contribution in [1.29, 1.82) is 0 Å². The molecule has 0 bridgehead atoms. The molecule has 3 aliphatic carbocycles. The fraction of sp³-hybridized carbons (Fsp3) is 0.897. The molecule has 0 heterocycles. The van der Waals surface area contributed by atoms with Crippen LogP contribution >= 0.6 is 0 Å². The van der Waals surface area contributed by atoms with Gasteiger partial charge in [-0.25, -0.2) is 0 Å². The molecule has 0 aromatic carbocycles. The van der Waals surface area contributed by atoms with Gasteiger partial charge in [0.25, 0.3) is 0 Å². The number of hydrogen-bond donors (Lipinski definition) is 1. The van der Waals surface area contributed by atoms with E-state index in [1.165, 1.54) is 56.1 Å². The fourth-order valence-corrected chi connectivity index (χ4v) is 11.2. The summed E-state index contributed by atoms with van der Waals surface area (Å²) < 4.78 is 14.2. The Morgan fingerprint density at radius 3 is 2.11 bits per heavy atom. The minimum atomic E-state index is -1.96. The Morgan fingerprint density at radius 1 is 0.955 bits per heavy atom. The molecule has 3 nitrogen and oxygen atoms in total. The first-order valence-corrected chi connectivity index (χ1v) is 24.2. The molecule has 0 radical (unpaired) electrons. The number of hydrogen-bond acceptors (Lipinski definition) is 3. The van der Waals surface area contributed by atoms with Crippen LogP contribution in [0.2, 0.25) is 36.3 Å². The standard InChI is InChI=1S/C39H74O3Si2/c1-28(18-16-24-38(9,10)40)33-22-23-34-30(19-17-25-39(33,34)11)20-21-31-26-32(41-43(12,13)36(3,4)5)27-35(29(31)2)42-44(14,15)37(6,7)8/h21,28,30,32-35,40H,2,16-20,22-27H2,1,3-15H3/t28-,30?,32-,33-,34+,35+,39-/m1/s1. The van der Waals surface area contributed by atoms with E-state index in [-0.39, 0.29) is 22.3 Å².